The molecule has 1 aliphatic heterocycles. The predicted octanol–water partition coefficient (Wildman–Crippen LogP) is 3.47. The Bertz CT molecular complexity index is 779. The highest BCUT2D eigenvalue weighted by Crippen LogP contribution is 2.31. The number of rotatable bonds is 6. The summed E-state index contributed by atoms with van der Waals surface area (Å²) >= 11 is 6.28. The van der Waals surface area contributed by atoms with E-state index in [1.54, 1.807) is 16.8 Å². The van der Waals surface area contributed by atoms with Gasteiger partial charge in [-0.05, 0) is 29.7 Å². The molecule has 0 spiro atoms. The van der Waals surface area contributed by atoms with Gasteiger partial charge in [-0.2, -0.15) is 5.10 Å². The van der Waals surface area contributed by atoms with Gasteiger partial charge in [-0.15, -0.1) is 12.4 Å². The maximum atomic E-state index is 12.8. The summed E-state index contributed by atoms with van der Waals surface area (Å²) in [4.78, 5) is 12.8. The van der Waals surface area contributed by atoms with E-state index in [4.69, 9.17) is 16.3 Å². The maximum absolute atomic E-state index is 12.8. The van der Waals surface area contributed by atoms with E-state index in [9.17, 15) is 4.79 Å². The smallest absolute Gasteiger partial charge is 0.229 e. The zero-order valence-corrected chi connectivity index (χ0v) is 17.3. The van der Waals surface area contributed by atoms with Gasteiger partial charge in [0.1, 0.15) is 5.75 Å². The molecule has 1 aromatic heterocycles. The summed E-state index contributed by atoms with van der Waals surface area (Å²) in [5.41, 5.74) is 1.75. The number of aromatic nitrogens is 2. The van der Waals surface area contributed by atoms with Crippen molar-refractivity contribution in [1.29, 1.82) is 0 Å². The molecule has 27 heavy (non-hydrogen) atoms. The molecule has 1 aromatic carbocycles. The third-order valence-corrected chi connectivity index (χ3v) is 4.77. The minimum atomic E-state index is -0.144. The summed E-state index contributed by atoms with van der Waals surface area (Å²) in [5, 5.41) is 11.0. The van der Waals surface area contributed by atoms with Crippen LogP contribution in [0.15, 0.2) is 30.6 Å². The lowest BCUT2D eigenvalue weighted by Gasteiger charge is -2.17. The van der Waals surface area contributed by atoms with Crippen LogP contribution in [0, 0.1) is 11.8 Å². The van der Waals surface area contributed by atoms with Gasteiger partial charge in [0.25, 0.3) is 0 Å². The highest BCUT2D eigenvalue weighted by molar-refractivity contribution is 6.32. The molecule has 6 nitrogen and oxygen atoms in total. The van der Waals surface area contributed by atoms with Gasteiger partial charge in [0.05, 0.1) is 23.7 Å². The Balaban J connectivity index is 0.00000261. The molecule has 0 saturated carbocycles. The van der Waals surface area contributed by atoms with Crippen molar-refractivity contribution < 1.29 is 9.53 Å². The van der Waals surface area contributed by atoms with Crippen molar-refractivity contribution in [3.63, 3.8) is 0 Å². The van der Waals surface area contributed by atoms with Crippen molar-refractivity contribution in [2.45, 2.75) is 19.8 Å². The van der Waals surface area contributed by atoms with Crippen LogP contribution in [0.1, 0.15) is 25.3 Å². The number of hydrogen-bond donors (Lipinski definition) is 2. The monoisotopic (exact) mass is 412 g/mol. The average Bonchev–Trinajstić information content (AvgIpc) is 3.22. The molecule has 0 aliphatic carbocycles. The minimum Gasteiger partial charge on any atom is -0.492 e. The molecule has 2 atom stereocenters. The summed E-state index contributed by atoms with van der Waals surface area (Å²) < 4.78 is 7.43. The summed E-state index contributed by atoms with van der Waals surface area (Å²) in [6.07, 6.45) is 3.80. The second kappa shape index (κ2) is 9.44. The molecule has 8 heteroatoms. The molecule has 2 aromatic rings. The van der Waals surface area contributed by atoms with Crippen LogP contribution in [-0.2, 0) is 11.8 Å². The van der Waals surface area contributed by atoms with E-state index >= 15 is 0 Å². The van der Waals surface area contributed by atoms with Crippen molar-refractivity contribution in [3.05, 3.63) is 41.2 Å². The fourth-order valence-electron chi connectivity index (χ4n) is 3.12. The fraction of sp³-hybridized carbons (Fsp3) is 0.474. The number of aryl methyl sites for hydroxylation is 1. The summed E-state index contributed by atoms with van der Waals surface area (Å²) in [5.74, 6) is 1.01. The molecule has 1 aliphatic rings. The Morgan fingerprint density at radius 2 is 2.22 bits per heavy atom. The zero-order valence-electron chi connectivity index (χ0n) is 15.7. The lowest BCUT2D eigenvalue weighted by atomic mass is 9.90. The third kappa shape index (κ3) is 5.37. The number of ether oxygens (including phenoxy) is 1. The van der Waals surface area contributed by atoms with Crippen LogP contribution in [0.25, 0.3) is 0 Å². The van der Waals surface area contributed by atoms with Crippen molar-refractivity contribution >= 4 is 35.6 Å². The first-order valence-electron chi connectivity index (χ1n) is 8.86. The average molecular weight is 413 g/mol. The van der Waals surface area contributed by atoms with Crippen molar-refractivity contribution in [3.8, 4) is 5.75 Å². The topological polar surface area (TPSA) is 68.2 Å². The molecule has 148 valence electrons. The van der Waals surface area contributed by atoms with Crippen molar-refractivity contribution in [2.24, 2.45) is 18.9 Å². The molecule has 1 amide bonds. The number of carbonyl (C=O) groups is 1. The molecule has 1 fully saturated rings. The normalized spacial score (nSPS) is 19.0. The number of benzene rings is 1. The summed E-state index contributed by atoms with van der Waals surface area (Å²) in [7, 11) is 1.88. The van der Waals surface area contributed by atoms with Crippen LogP contribution in [0.5, 0.6) is 5.75 Å². The van der Waals surface area contributed by atoms with Gasteiger partial charge in [0, 0.05) is 37.9 Å². The van der Waals surface area contributed by atoms with E-state index in [1.165, 1.54) is 0 Å². The molecule has 0 radical (unpaired) electrons. The van der Waals surface area contributed by atoms with Gasteiger partial charge in [-0.1, -0.05) is 25.4 Å². The molecule has 2 heterocycles. The van der Waals surface area contributed by atoms with Gasteiger partial charge < -0.3 is 15.4 Å². The largest absolute Gasteiger partial charge is 0.492 e. The Kier molecular flexibility index (Phi) is 7.53. The maximum Gasteiger partial charge on any atom is 0.229 e. The number of nitrogens with one attached hydrogen (secondary N) is 2. The van der Waals surface area contributed by atoms with Gasteiger partial charge in [-0.25, -0.2) is 0 Å². The molecular weight excluding hydrogens is 387 g/mol. The van der Waals surface area contributed by atoms with Crippen molar-refractivity contribution in [2.75, 3.05) is 25.0 Å². The van der Waals surface area contributed by atoms with Crippen LogP contribution in [0.3, 0.4) is 0 Å². The Hall–Kier alpha value is -1.76. The standard InChI is InChI=1S/C19H25ClN4O2.ClH/c1-12(2)11-26-18-5-4-14(6-17(18)20)23-19(25)16-9-21-8-15(16)13-7-22-24(3)10-13;/h4-7,10,12,15-16,21H,8-9,11H2,1-3H3,(H,23,25);1H/t15-,16+;/m1./s1. The Morgan fingerprint density at radius 1 is 1.44 bits per heavy atom. The van der Waals surface area contributed by atoms with E-state index in [1.807, 2.05) is 25.5 Å². The Labute approximate surface area is 171 Å². The number of anilines is 1. The van der Waals surface area contributed by atoms with E-state index < -0.39 is 0 Å². The first-order valence-corrected chi connectivity index (χ1v) is 9.24. The van der Waals surface area contributed by atoms with Gasteiger partial charge in [-0.3, -0.25) is 9.48 Å². The number of hydrogen-bond acceptors (Lipinski definition) is 4. The molecule has 3 rings (SSSR count). The van der Waals surface area contributed by atoms with Crippen LogP contribution in [-0.4, -0.2) is 35.4 Å². The van der Waals surface area contributed by atoms with E-state index in [0.717, 1.165) is 12.1 Å². The highest BCUT2D eigenvalue weighted by atomic mass is 35.5. The van der Waals surface area contributed by atoms with Crippen molar-refractivity contribution in [1.82, 2.24) is 15.1 Å². The molecular formula is C19H26Cl2N4O2. The third-order valence-electron chi connectivity index (χ3n) is 4.48. The van der Waals surface area contributed by atoms with Crippen LogP contribution in [0.2, 0.25) is 5.02 Å². The van der Waals surface area contributed by atoms with E-state index in [-0.39, 0.29) is 30.2 Å². The number of nitrogens with zero attached hydrogens (tertiary/aromatic N) is 2. The first-order chi connectivity index (χ1) is 12.4. The predicted molar refractivity (Wildman–Crippen MR) is 110 cm³/mol. The lowest BCUT2D eigenvalue weighted by Crippen LogP contribution is -2.28. The van der Waals surface area contributed by atoms with E-state index in [2.05, 4.69) is 29.6 Å². The van der Waals surface area contributed by atoms with Crippen LogP contribution < -0.4 is 15.4 Å². The molecule has 2 N–H and O–H groups in total. The SMILES string of the molecule is CC(C)COc1ccc(NC(=O)[C@H]2CNC[C@@H]2c2cnn(C)c2)cc1Cl.Cl. The number of halogens is 2. The van der Waals surface area contributed by atoms with E-state index in [0.29, 0.717) is 35.5 Å². The molecule has 1 saturated heterocycles. The molecule has 0 bridgehead atoms. The summed E-state index contributed by atoms with van der Waals surface area (Å²) in [6.45, 7) is 6.18. The van der Waals surface area contributed by atoms with Gasteiger partial charge >= 0.3 is 0 Å². The number of amides is 1. The lowest BCUT2D eigenvalue weighted by molar-refractivity contribution is -0.119. The highest BCUT2D eigenvalue weighted by Gasteiger charge is 2.34. The quantitative estimate of drug-likeness (QED) is 0.761. The first kappa shape index (κ1) is 21.5. The second-order valence-electron chi connectivity index (χ2n) is 7.16. The Morgan fingerprint density at radius 3 is 2.85 bits per heavy atom. The van der Waals surface area contributed by atoms with Gasteiger partial charge in [0.15, 0.2) is 0 Å². The zero-order chi connectivity index (χ0) is 18.7. The van der Waals surface area contributed by atoms with Crippen LogP contribution >= 0.6 is 24.0 Å². The fourth-order valence-corrected chi connectivity index (χ4v) is 3.36. The van der Waals surface area contributed by atoms with Gasteiger partial charge in [0.2, 0.25) is 5.91 Å². The summed E-state index contributed by atoms with van der Waals surface area (Å²) in [6, 6.07) is 5.35. The van der Waals surface area contributed by atoms with Crippen LogP contribution in [0.4, 0.5) is 5.69 Å². The minimum absolute atomic E-state index is 0. The molecule has 0 unspecified atom stereocenters. The number of carbonyl (C=O) groups excluding carboxylic acids is 1. The second-order valence-corrected chi connectivity index (χ2v) is 7.57.